The van der Waals surface area contributed by atoms with Crippen molar-refractivity contribution in [2.45, 2.75) is 84.3 Å². The molecule has 2 aliphatic carbocycles. The lowest BCUT2D eigenvalue weighted by Gasteiger charge is -2.31. The van der Waals surface area contributed by atoms with Gasteiger partial charge in [-0.1, -0.05) is 69.6 Å². The molecule has 1 saturated carbocycles. The summed E-state index contributed by atoms with van der Waals surface area (Å²) < 4.78 is 6.53. The molecule has 31 heavy (non-hydrogen) atoms. The third kappa shape index (κ3) is 5.02. The Labute approximate surface area is 193 Å². The van der Waals surface area contributed by atoms with Gasteiger partial charge in [0.05, 0.1) is 18.8 Å². The number of benzene rings is 2. The summed E-state index contributed by atoms with van der Waals surface area (Å²) in [6.07, 6.45) is 6.61. The zero-order chi connectivity index (χ0) is 22.1. The standard InChI is InChI=1S/C28H37ClO2/c1-17(2)26(16-30)31-28(18(3)4)25-15-22(27(29)24-7-5-6-23(24)25)14-19-8-10-20(11-9-19)21-12-13-21/h8-11,15,17-18,21,26,28,30H,5-7,12-14,16H2,1-4H3/t26-,28-/m1/s1. The first kappa shape index (κ1) is 22.8. The zero-order valence-electron chi connectivity index (χ0n) is 19.5. The van der Waals surface area contributed by atoms with Crippen LogP contribution in [0.4, 0.5) is 0 Å². The number of aliphatic hydroxyl groups excluding tert-OH is 1. The van der Waals surface area contributed by atoms with Crippen LogP contribution in [-0.2, 0) is 24.0 Å². The van der Waals surface area contributed by atoms with E-state index in [4.69, 9.17) is 16.3 Å². The normalized spacial score (nSPS) is 17.9. The van der Waals surface area contributed by atoms with E-state index < -0.39 is 0 Å². The van der Waals surface area contributed by atoms with Crippen LogP contribution in [0.15, 0.2) is 30.3 Å². The number of ether oxygens (including phenoxy) is 1. The second-order valence-electron chi connectivity index (χ2n) is 10.2. The van der Waals surface area contributed by atoms with E-state index in [9.17, 15) is 5.11 Å². The van der Waals surface area contributed by atoms with Crippen molar-refractivity contribution < 1.29 is 9.84 Å². The van der Waals surface area contributed by atoms with Crippen molar-refractivity contribution in [3.05, 3.63) is 68.7 Å². The SMILES string of the molecule is CC(C)[C@@H](CO)O[C@@H](c1cc(Cc2ccc(C3CC3)cc2)c(Cl)c2c1CCC2)C(C)C. The Balaban J connectivity index is 1.67. The fourth-order valence-corrected chi connectivity index (χ4v) is 5.28. The fourth-order valence-electron chi connectivity index (χ4n) is 4.95. The molecule has 4 rings (SSSR count). The van der Waals surface area contributed by atoms with Gasteiger partial charge in [-0.2, -0.15) is 0 Å². The summed E-state index contributed by atoms with van der Waals surface area (Å²) in [4.78, 5) is 0. The van der Waals surface area contributed by atoms with Crippen LogP contribution in [0.2, 0.25) is 5.02 Å². The Hall–Kier alpha value is -1.35. The topological polar surface area (TPSA) is 29.5 Å². The predicted octanol–water partition coefficient (Wildman–Crippen LogP) is 7.03. The summed E-state index contributed by atoms with van der Waals surface area (Å²) in [5, 5.41) is 10.8. The van der Waals surface area contributed by atoms with Gasteiger partial charge in [-0.05, 0) is 89.7 Å². The van der Waals surface area contributed by atoms with Crippen molar-refractivity contribution in [1.29, 1.82) is 0 Å². The van der Waals surface area contributed by atoms with Crippen LogP contribution < -0.4 is 0 Å². The van der Waals surface area contributed by atoms with Crippen molar-refractivity contribution in [3.8, 4) is 0 Å². The first-order chi connectivity index (χ1) is 14.9. The van der Waals surface area contributed by atoms with Crippen molar-refractivity contribution >= 4 is 11.6 Å². The highest BCUT2D eigenvalue weighted by Gasteiger charge is 2.30. The average Bonchev–Trinajstić information content (AvgIpc) is 3.47. The molecule has 0 unspecified atom stereocenters. The minimum absolute atomic E-state index is 0.0281. The molecule has 0 aromatic heterocycles. The first-order valence-corrected chi connectivity index (χ1v) is 12.4. The third-order valence-electron chi connectivity index (χ3n) is 7.02. The Kier molecular flexibility index (Phi) is 7.10. The van der Waals surface area contributed by atoms with Gasteiger partial charge < -0.3 is 9.84 Å². The number of aliphatic hydroxyl groups is 1. The van der Waals surface area contributed by atoms with Crippen LogP contribution in [-0.4, -0.2) is 17.8 Å². The number of hydrogen-bond donors (Lipinski definition) is 1. The second-order valence-corrected chi connectivity index (χ2v) is 10.6. The smallest absolute Gasteiger partial charge is 0.0855 e. The highest BCUT2D eigenvalue weighted by molar-refractivity contribution is 6.32. The van der Waals surface area contributed by atoms with Crippen molar-refractivity contribution in [2.75, 3.05) is 6.61 Å². The molecular formula is C28H37ClO2. The average molecular weight is 441 g/mol. The molecule has 2 aromatic rings. The third-order valence-corrected chi connectivity index (χ3v) is 7.49. The summed E-state index contributed by atoms with van der Waals surface area (Å²) in [6.45, 7) is 8.71. The van der Waals surface area contributed by atoms with Gasteiger partial charge in [-0.25, -0.2) is 0 Å². The molecule has 168 valence electrons. The minimum Gasteiger partial charge on any atom is -0.394 e. The Bertz CT molecular complexity index is 896. The highest BCUT2D eigenvalue weighted by Crippen LogP contribution is 2.42. The number of fused-ring (bicyclic) bond motifs is 1. The van der Waals surface area contributed by atoms with E-state index in [2.05, 4.69) is 58.0 Å². The molecule has 3 heteroatoms. The summed E-state index contributed by atoms with van der Waals surface area (Å²) in [6, 6.07) is 11.4. The lowest BCUT2D eigenvalue weighted by molar-refractivity contribution is -0.0807. The maximum Gasteiger partial charge on any atom is 0.0855 e. The van der Waals surface area contributed by atoms with Crippen LogP contribution in [0.5, 0.6) is 0 Å². The first-order valence-electron chi connectivity index (χ1n) is 12.1. The lowest BCUT2D eigenvalue weighted by atomic mass is 9.88. The molecule has 0 bridgehead atoms. The van der Waals surface area contributed by atoms with E-state index in [-0.39, 0.29) is 24.7 Å². The fraction of sp³-hybridized carbons (Fsp3) is 0.571. The van der Waals surface area contributed by atoms with Crippen LogP contribution in [0.3, 0.4) is 0 Å². The van der Waals surface area contributed by atoms with Crippen LogP contribution >= 0.6 is 11.6 Å². The largest absolute Gasteiger partial charge is 0.394 e. The van der Waals surface area contributed by atoms with Crippen molar-refractivity contribution in [1.82, 2.24) is 0 Å². The molecule has 0 spiro atoms. The van der Waals surface area contributed by atoms with E-state index >= 15 is 0 Å². The lowest BCUT2D eigenvalue weighted by Crippen LogP contribution is -2.28. The van der Waals surface area contributed by atoms with Gasteiger partial charge in [0.25, 0.3) is 0 Å². The summed E-state index contributed by atoms with van der Waals surface area (Å²) in [5.74, 6) is 1.38. The Morgan fingerprint density at radius 3 is 2.26 bits per heavy atom. The molecule has 0 aliphatic heterocycles. The van der Waals surface area contributed by atoms with Gasteiger partial charge in [0.15, 0.2) is 0 Å². The van der Waals surface area contributed by atoms with Gasteiger partial charge in [-0.15, -0.1) is 0 Å². The van der Waals surface area contributed by atoms with Crippen molar-refractivity contribution in [3.63, 3.8) is 0 Å². The Morgan fingerprint density at radius 2 is 1.68 bits per heavy atom. The number of hydrogen-bond acceptors (Lipinski definition) is 2. The molecule has 2 aliphatic rings. The Morgan fingerprint density at radius 1 is 1.00 bits per heavy atom. The molecule has 0 radical (unpaired) electrons. The van der Waals surface area contributed by atoms with Gasteiger partial charge in [0.2, 0.25) is 0 Å². The molecular weight excluding hydrogens is 404 g/mol. The molecule has 2 aromatic carbocycles. The quantitative estimate of drug-likeness (QED) is 0.453. The molecule has 2 atom stereocenters. The zero-order valence-corrected chi connectivity index (χ0v) is 20.2. The summed E-state index contributed by atoms with van der Waals surface area (Å²) in [7, 11) is 0. The van der Waals surface area contributed by atoms with E-state index in [1.165, 1.54) is 46.2 Å². The highest BCUT2D eigenvalue weighted by atomic mass is 35.5. The van der Waals surface area contributed by atoms with E-state index in [0.29, 0.717) is 5.92 Å². The number of halogens is 1. The minimum atomic E-state index is -0.154. The van der Waals surface area contributed by atoms with E-state index in [0.717, 1.165) is 36.6 Å². The summed E-state index contributed by atoms with van der Waals surface area (Å²) >= 11 is 6.95. The monoisotopic (exact) mass is 440 g/mol. The van der Waals surface area contributed by atoms with Crippen LogP contribution in [0.1, 0.15) is 92.4 Å². The molecule has 0 amide bonds. The van der Waals surface area contributed by atoms with Gasteiger partial charge >= 0.3 is 0 Å². The molecule has 0 heterocycles. The maximum atomic E-state index is 9.88. The predicted molar refractivity (Wildman–Crippen MR) is 129 cm³/mol. The van der Waals surface area contributed by atoms with Crippen LogP contribution in [0.25, 0.3) is 0 Å². The molecule has 2 nitrogen and oxygen atoms in total. The van der Waals surface area contributed by atoms with E-state index in [1.54, 1.807) is 0 Å². The maximum absolute atomic E-state index is 9.88. The summed E-state index contributed by atoms with van der Waals surface area (Å²) in [5.41, 5.74) is 7.99. The molecule has 1 N–H and O–H groups in total. The van der Waals surface area contributed by atoms with Gasteiger partial charge in [0, 0.05) is 5.02 Å². The van der Waals surface area contributed by atoms with Crippen molar-refractivity contribution in [2.24, 2.45) is 11.8 Å². The van der Waals surface area contributed by atoms with Gasteiger partial charge in [-0.3, -0.25) is 0 Å². The second kappa shape index (κ2) is 9.65. The molecule has 0 saturated heterocycles. The number of rotatable bonds is 9. The van der Waals surface area contributed by atoms with Crippen LogP contribution in [0, 0.1) is 11.8 Å². The van der Waals surface area contributed by atoms with Gasteiger partial charge in [0.1, 0.15) is 0 Å². The molecule has 1 fully saturated rings. The van der Waals surface area contributed by atoms with E-state index in [1.807, 2.05) is 0 Å².